The molecule has 0 spiro atoms. The Hall–Kier alpha value is -0.630. The van der Waals surface area contributed by atoms with Crippen LogP contribution in [0.25, 0.3) is 0 Å². The first-order valence-electron chi connectivity index (χ1n) is 2.73. The van der Waals surface area contributed by atoms with Gasteiger partial charge in [0.15, 0.2) is 5.78 Å². The molecule has 1 rings (SSSR count). The van der Waals surface area contributed by atoms with Crippen LogP contribution in [-0.4, -0.2) is 18.4 Å². The first-order valence-corrected chi connectivity index (χ1v) is 2.73. The summed E-state index contributed by atoms with van der Waals surface area (Å²) in [5, 5.41) is 2.99. The molecule has 1 unspecified atom stereocenters. The number of nitrogens with one attached hydrogen (secondary N) is 1. The Morgan fingerprint density at radius 3 is 2.88 bits per heavy atom. The van der Waals surface area contributed by atoms with Gasteiger partial charge in [-0.25, -0.2) is 0 Å². The number of carbonyl (C=O) groups is 1. The summed E-state index contributed by atoms with van der Waals surface area (Å²) in [6.45, 7) is 4.32. The molecule has 1 N–H and O–H groups in total. The van der Waals surface area contributed by atoms with Crippen molar-refractivity contribution < 1.29 is 4.79 Å². The Bertz CT molecular complexity index is 120. The zero-order valence-electron chi connectivity index (χ0n) is 4.68. The normalized spacial score (nSPS) is 28.5. The molecule has 2 nitrogen and oxygen atoms in total. The second kappa shape index (κ2) is 2.09. The van der Waals surface area contributed by atoms with E-state index in [4.69, 9.17) is 0 Å². The highest BCUT2D eigenvalue weighted by Gasteiger charge is 2.19. The maximum atomic E-state index is 10.7. The average Bonchev–Trinajstić information content (AvgIpc) is 2.14. The molecule has 44 valence electrons. The lowest BCUT2D eigenvalue weighted by molar-refractivity contribution is -0.117. The summed E-state index contributed by atoms with van der Waals surface area (Å²) in [4.78, 5) is 10.7. The molecular formula is C6H9NO. The van der Waals surface area contributed by atoms with Crippen LogP contribution in [0, 0.1) is 0 Å². The third kappa shape index (κ3) is 0.793. The number of hydrogen-bond acceptors (Lipinski definition) is 2. The van der Waals surface area contributed by atoms with Crippen molar-refractivity contribution >= 4 is 5.78 Å². The van der Waals surface area contributed by atoms with E-state index >= 15 is 0 Å². The Morgan fingerprint density at radius 1 is 1.88 bits per heavy atom. The van der Waals surface area contributed by atoms with Gasteiger partial charge in [-0.1, -0.05) is 6.08 Å². The highest BCUT2D eigenvalue weighted by Crippen LogP contribution is 1.99. The standard InChI is InChI=1S/C6H9NO/c1-2-5-6(8)3-4-7-5/h2,5,7H,1,3-4H2. The van der Waals surface area contributed by atoms with Crippen LogP contribution in [0.15, 0.2) is 12.7 Å². The second-order valence-electron chi connectivity index (χ2n) is 1.88. The first-order chi connectivity index (χ1) is 3.84. The molecule has 2 heteroatoms. The van der Waals surface area contributed by atoms with E-state index in [0.29, 0.717) is 6.42 Å². The lowest BCUT2D eigenvalue weighted by atomic mass is 10.2. The number of carbonyl (C=O) groups excluding carboxylic acids is 1. The number of ketones is 1. The smallest absolute Gasteiger partial charge is 0.154 e. The SMILES string of the molecule is C=CC1NCCC1=O. The molecule has 1 saturated heterocycles. The molecule has 1 atom stereocenters. The molecule has 1 aliphatic rings. The molecule has 0 aliphatic carbocycles. The molecule has 0 amide bonds. The summed E-state index contributed by atoms with van der Waals surface area (Å²) in [5.41, 5.74) is 0. The van der Waals surface area contributed by atoms with Crippen LogP contribution < -0.4 is 5.32 Å². The van der Waals surface area contributed by atoms with Crippen LogP contribution >= 0.6 is 0 Å². The van der Waals surface area contributed by atoms with Gasteiger partial charge in [-0.15, -0.1) is 6.58 Å². The van der Waals surface area contributed by atoms with Crippen molar-refractivity contribution in [1.82, 2.24) is 5.32 Å². The van der Waals surface area contributed by atoms with Crippen LogP contribution in [0.5, 0.6) is 0 Å². The Labute approximate surface area is 48.6 Å². The lowest BCUT2D eigenvalue weighted by Gasteiger charge is -1.96. The molecule has 1 fully saturated rings. The number of rotatable bonds is 1. The van der Waals surface area contributed by atoms with Crippen molar-refractivity contribution in [2.24, 2.45) is 0 Å². The molecular weight excluding hydrogens is 102 g/mol. The summed E-state index contributed by atoms with van der Waals surface area (Å²) < 4.78 is 0. The van der Waals surface area contributed by atoms with E-state index in [-0.39, 0.29) is 11.8 Å². The largest absolute Gasteiger partial charge is 0.304 e. The topological polar surface area (TPSA) is 29.1 Å². The van der Waals surface area contributed by atoms with Crippen molar-refractivity contribution in [2.75, 3.05) is 6.54 Å². The minimum atomic E-state index is -0.0602. The van der Waals surface area contributed by atoms with E-state index in [0.717, 1.165) is 6.54 Å². The van der Waals surface area contributed by atoms with Gasteiger partial charge in [0.1, 0.15) is 0 Å². The summed E-state index contributed by atoms with van der Waals surface area (Å²) in [5.74, 6) is 0.264. The van der Waals surface area contributed by atoms with Crippen LogP contribution in [0.1, 0.15) is 6.42 Å². The van der Waals surface area contributed by atoms with Crippen molar-refractivity contribution in [1.29, 1.82) is 0 Å². The predicted molar refractivity (Wildman–Crippen MR) is 31.6 cm³/mol. The van der Waals surface area contributed by atoms with E-state index in [1.54, 1.807) is 6.08 Å². The fourth-order valence-electron chi connectivity index (χ4n) is 0.835. The molecule has 0 aromatic carbocycles. The van der Waals surface area contributed by atoms with Crippen molar-refractivity contribution in [3.8, 4) is 0 Å². The van der Waals surface area contributed by atoms with Crippen molar-refractivity contribution in [3.05, 3.63) is 12.7 Å². The van der Waals surface area contributed by atoms with Gasteiger partial charge in [0.05, 0.1) is 6.04 Å². The Morgan fingerprint density at radius 2 is 2.62 bits per heavy atom. The van der Waals surface area contributed by atoms with E-state index in [1.165, 1.54) is 0 Å². The maximum Gasteiger partial charge on any atom is 0.154 e. The molecule has 8 heavy (non-hydrogen) atoms. The zero-order valence-corrected chi connectivity index (χ0v) is 4.68. The van der Waals surface area contributed by atoms with Gasteiger partial charge in [0.2, 0.25) is 0 Å². The quantitative estimate of drug-likeness (QED) is 0.486. The molecule has 1 aliphatic heterocycles. The zero-order chi connectivity index (χ0) is 5.98. The van der Waals surface area contributed by atoms with Gasteiger partial charge in [-0.05, 0) is 0 Å². The highest BCUT2D eigenvalue weighted by atomic mass is 16.1. The maximum absolute atomic E-state index is 10.7. The van der Waals surface area contributed by atoms with Crippen molar-refractivity contribution in [3.63, 3.8) is 0 Å². The number of hydrogen-bond donors (Lipinski definition) is 1. The highest BCUT2D eigenvalue weighted by molar-refractivity contribution is 5.87. The van der Waals surface area contributed by atoms with Gasteiger partial charge < -0.3 is 5.32 Å². The van der Waals surface area contributed by atoms with E-state index in [2.05, 4.69) is 11.9 Å². The van der Waals surface area contributed by atoms with Gasteiger partial charge in [0, 0.05) is 13.0 Å². The van der Waals surface area contributed by atoms with Gasteiger partial charge in [0.25, 0.3) is 0 Å². The summed E-state index contributed by atoms with van der Waals surface area (Å²) in [6, 6.07) is -0.0602. The first kappa shape index (κ1) is 5.51. The van der Waals surface area contributed by atoms with E-state index in [1.807, 2.05) is 0 Å². The predicted octanol–water partition coefficient (Wildman–Crippen LogP) is 0.103. The molecule has 0 radical (unpaired) electrons. The summed E-state index contributed by atoms with van der Waals surface area (Å²) >= 11 is 0. The monoisotopic (exact) mass is 111 g/mol. The minimum Gasteiger partial charge on any atom is -0.304 e. The summed E-state index contributed by atoms with van der Waals surface area (Å²) in [6.07, 6.45) is 2.31. The molecule has 0 bridgehead atoms. The third-order valence-electron chi connectivity index (χ3n) is 1.32. The van der Waals surface area contributed by atoms with Crippen LogP contribution in [0.2, 0.25) is 0 Å². The third-order valence-corrected chi connectivity index (χ3v) is 1.32. The second-order valence-corrected chi connectivity index (χ2v) is 1.88. The lowest BCUT2D eigenvalue weighted by Crippen LogP contribution is -2.23. The van der Waals surface area contributed by atoms with Gasteiger partial charge in [-0.3, -0.25) is 4.79 Å². The fourth-order valence-corrected chi connectivity index (χ4v) is 0.835. The Balaban J connectivity index is 2.54. The van der Waals surface area contributed by atoms with Gasteiger partial charge in [-0.2, -0.15) is 0 Å². The summed E-state index contributed by atoms with van der Waals surface area (Å²) in [7, 11) is 0. The molecule has 1 heterocycles. The molecule has 0 aromatic rings. The van der Waals surface area contributed by atoms with Crippen LogP contribution in [-0.2, 0) is 4.79 Å². The minimum absolute atomic E-state index is 0.0602. The van der Waals surface area contributed by atoms with E-state index in [9.17, 15) is 4.79 Å². The Kier molecular flexibility index (Phi) is 1.44. The number of Topliss-reactive ketones (excluding diaryl/α,β-unsaturated/α-hetero) is 1. The average molecular weight is 111 g/mol. The molecule has 0 aromatic heterocycles. The molecule has 0 saturated carbocycles. The van der Waals surface area contributed by atoms with Gasteiger partial charge >= 0.3 is 0 Å². The van der Waals surface area contributed by atoms with Crippen LogP contribution in [0.3, 0.4) is 0 Å². The van der Waals surface area contributed by atoms with Crippen molar-refractivity contribution in [2.45, 2.75) is 12.5 Å². The fraction of sp³-hybridized carbons (Fsp3) is 0.500. The van der Waals surface area contributed by atoms with Crippen LogP contribution in [0.4, 0.5) is 0 Å². The van der Waals surface area contributed by atoms with E-state index < -0.39 is 0 Å².